The van der Waals surface area contributed by atoms with E-state index in [1.165, 1.54) is 0 Å². The van der Waals surface area contributed by atoms with Crippen molar-refractivity contribution in [2.24, 2.45) is 0 Å². The number of amides is 1. The second kappa shape index (κ2) is 6.74. The van der Waals surface area contributed by atoms with Gasteiger partial charge < -0.3 is 5.32 Å². The molecule has 1 aromatic carbocycles. The first-order valence-corrected chi connectivity index (χ1v) is 8.01. The Bertz CT molecular complexity index is 937. The van der Waals surface area contributed by atoms with E-state index in [0.29, 0.717) is 16.5 Å². The number of carbonyl (C=O) groups is 1. The van der Waals surface area contributed by atoms with Gasteiger partial charge in [0, 0.05) is 11.6 Å². The summed E-state index contributed by atoms with van der Waals surface area (Å²) in [6, 6.07) is 9.18. The number of benzene rings is 1. The highest BCUT2D eigenvalue weighted by Crippen LogP contribution is 2.31. The van der Waals surface area contributed by atoms with Crippen molar-refractivity contribution < 1.29 is 18.0 Å². The summed E-state index contributed by atoms with van der Waals surface area (Å²) in [5.41, 5.74) is -0.433. The number of rotatable bonds is 4. The lowest BCUT2D eigenvalue weighted by Crippen LogP contribution is -2.32. The monoisotopic (exact) mass is 363 g/mol. The van der Waals surface area contributed by atoms with Gasteiger partial charge in [-0.3, -0.25) is 4.79 Å². The van der Waals surface area contributed by atoms with Crippen molar-refractivity contribution in [1.29, 1.82) is 0 Å². The number of aromatic nitrogens is 4. The number of carbonyl (C=O) groups excluding carboxylic acids is 1. The summed E-state index contributed by atoms with van der Waals surface area (Å²) < 4.78 is 41.0. The van der Waals surface area contributed by atoms with Crippen LogP contribution in [0.3, 0.4) is 0 Å². The molecule has 1 N–H and O–H groups in total. The van der Waals surface area contributed by atoms with Gasteiger partial charge in [-0.2, -0.15) is 22.7 Å². The van der Waals surface area contributed by atoms with Crippen LogP contribution in [0, 0.1) is 0 Å². The van der Waals surface area contributed by atoms with Gasteiger partial charge in [0.2, 0.25) is 5.82 Å². The highest BCUT2D eigenvalue weighted by molar-refractivity contribution is 5.91. The van der Waals surface area contributed by atoms with Gasteiger partial charge >= 0.3 is 6.18 Å². The van der Waals surface area contributed by atoms with E-state index in [-0.39, 0.29) is 23.3 Å². The average molecular weight is 363 g/mol. The molecule has 0 saturated heterocycles. The lowest BCUT2D eigenvalue weighted by Gasteiger charge is -2.10. The second-order valence-electron chi connectivity index (χ2n) is 5.82. The molecule has 2 aromatic heterocycles. The van der Waals surface area contributed by atoms with Crippen LogP contribution < -0.4 is 5.32 Å². The van der Waals surface area contributed by atoms with Crippen LogP contribution in [0.2, 0.25) is 0 Å². The summed E-state index contributed by atoms with van der Waals surface area (Å²) in [4.78, 5) is 20.2. The van der Waals surface area contributed by atoms with Crippen molar-refractivity contribution in [2.75, 3.05) is 0 Å². The molecule has 0 fully saturated rings. The number of alkyl halides is 3. The van der Waals surface area contributed by atoms with Crippen molar-refractivity contribution in [1.82, 2.24) is 24.9 Å². The highest BCUT2D eigenvalue weighted by atomic mass is 19.4. The Morgan fingerprint density at radius 3 is 2.54 bits per heavy atom. The van der Waals surface area contributed by atoms with E-state index >= 15 is 0 Å². The van der Waals surface area contributed by atoms with E-state index in [0.717, 1.165) is 6.07 Å². The number of fused-ring (bicyclic) bond motifs is 1. The summed E-state index contributed by atoms with van der Waals surface area (Å²) >= 11 is 0. The van der Waals surface area contributed by atoms with Gasteiger partial charge in [-0.1, -0.05) is 37.3 Å². The van der Waals surface area contributed by atoms with E-state index in [2.05, 4.69) is 20.4 Å². The number of halogens is 3. The summed E-state index contributed by atoms with van der Waals surface area (Å²) in [7, 11) is 0. The van der Waals surface area contributed by atoms with E-state index < -0.39 is 17.8 Å². The zero-order chi connectivity index (χ0) is 18.9. The predicted octanol–water partition coefficient (Wildman–Crippen LogP) is 3.34. The summed E-state index contributed by atoms with van der Waals surface area (Å²) in [5.74, 6) is -1.28. The van der Waals surface area contributed by atoms with Crippen LogP contribution in [0.5, 0.6) is 0 Å². The molecule has 26 heavy (non-hydrogen) atoms. The van der Waals surface area contributed by atoms with Crippen LogP contribution >= 0.6 is 0 Å². The molecule has 0 aliphatic carbocycles. The largest absolute Gasteiger partial charge is 0.433 e. The van der Waals surface area contributed by atoms with E-state index in [1.54, 1.807) is 37.3 Å². The minimum Gasteiger partial charge on any atom is -0.347 e. The fourth-order valence-electron chi connectivity index (χ4n) is 2.31. The van der Waals surface area contributed by atoms with Crippen LogP contribution in [0.25, 0.3) is 17.0 Å². The summed E-state index contributed by atoms with van der Waals surface area (Å²) in [6.45, 7) is 3.65. The molecular weight excluding hydrogens is 347 g/mol. The maximum atomic E-state index is 13.5. The van der Waals surface area contributed by atoms with Gasteiger partial charge in [-0.15, -0.1) is 5.10 Å². The van der Waals surface area contributed by atoms with E-state index in [1.807, 2.05) is 6.92 Å². The third-order valence-electron chi connectivity index (χ3n) is 3.87. The van der Waals surface area contributed by atoms with Gasteiger partial charge in [0.05, 0.1) is 5.69 Å². The Morgan fingerprint density at radius 1 is 1.23 bits per heavy atom. The molecule has 0 bridgehead atoms. The molecule has 0 aliphatic rings. The second-order valence-corrected chi connectivity index (χ2v) is 5.82. The molecule has 9 heteroatoms. The third-order valence-corrected chi connectivity index (χ3v) is 3.87. The van der Waals surface area contributed by atoms with Gasteiger partial charge in [0.1, 0.15) is 0 Å². The molecule has 136 valence electrons. The van der Waals surface area contributed by atoms with Crippen LogP contribution in [0.4, 0.5) is 13.2 Å². The van der Waals surface area contributed by atoms with Crippen molar-refractivity contribution >= 4 is 11.7 Å². The molecule has 0 spiro atoms. The summed E-state index contributed by atoms with van der Waals surface area (Å²) in [5, 5.41) is 6.34. The maximum Gasteiger partial charge on any atom is 0.433 e. The Balaban J connectivity index is 2.13. The zero-order valence-electron chi connectivity index (χ0n) is 14.1. The first kappa shape index (κ1) is 17.8. The third kappa shape index (κ3) is 3.51. The Hall–Kier alpha value is -2.97. The Morgan fingerprint density at radius 2 is 1.92 bits per heavy atom. The normalized spacial score (nSPS) is 13.0. The SMILES string of the molecule is CCC(C)NC(=O)c1nc2nc(-c3ccccc3)cc(C(F)(F)F)n2n1. The number of nitrogens with zero attached hydrogens (tertiary/aromatic N) is 4. The van der Waals surface area contributed by atoms with Gasteiger partial charge in [-0.05, 0) is 19.4 Å². The smallest absolute Gasteiger partial charge is 0.347 e. The standard InChI is InChI=1S/C17H16F3N5O/c1-3-10(2)21-15(26)14-23-16-22-12(11-7-5-4-6-8-11)9-13(17(18,19)20)25(16)24-14/h4-10H,3H2,1-2H3,(H,21,26). The number of hydrogen-bond donors (Lipinski definition) is 1. The molecular formula is C17H16F3N5O. The number of hydrogen-bond acceptors (Lipinski definition) is 4. The van der Waals surface area contributed by atoms with Crippen LogP contribution in [0.1, 0.15) is 36.6 Å². The van der Waals surface area contributed by atoms with Crippen molar-refractivity contribution in [3.8, 4) is 11.3 Å². The van der Waals surface area contributed by atoms with E-state index in [4.69, 9.17) is 0 Å². The first-order valence-electron chi connectivity index (χ1n) is 8.01. The van der Waals surface area contributed by atoms with Crippen LogP contribution in [-0.4, -0.2) is 31.5 Å². The maximum absolute atomic E-state index is 13.5. The lowest BCUT2D eigenvalue weighted by molar-refractivity contribution is -0.142. The lowest BCUT2D eigenvalue weighted by atomic mass is 10.1. The molecule has 3 aromatic rings. The molecule has 2 heterocycles. The Kier molecular flexibility index (Phi) is 4.62. The summed E-state index contributed by atoms with van der Waals surface area (Å²) in [6.07, 6.45) is -4.01. The fraction of sp³-hybridized carbons (Fsp3) is 0.294. The highest BCUT2D eigenvalue weighted by Gasteiger charge is 2.36. The Labute approximate surface area is 147 Å². The molecule has 1 unspecified atom stereocenters. The molecule has 1 atom stereocenters. The zero-order valence-corrected chi connectivity index (χ0v) is 14.1. The minimum atomic E-state index is -4.68. The fourth-order valence-corrected chi connectivity index (χ4v) is 2.31. The molecule has 1 amide bonds. The van der Waals surface area contributed by atoms with Crippen molar-refractivity contribution in [3.63, 3.8) is 0 Å². The van der Waals surface area contributed by atoms with E-state index in [9.17, 15) is 18.0 Å². The predicted molar refractivity (Wildman–Crippen MR) is 88.4 cm³/mol. The first-order chi connectivity index (χ1) is 12.3. The number of nitrogens with one attached hydrogen (secondary N) is 1. The molecule has 0 aliphatic heterocycles. The molecule has 3 rings (SSSR count). The van der Waals surface area contributed by atoms with Crippen molar-refractivity contribution in [2.45, 2.75) is 32.5 Å². The molecule has 0 radical (unpaired) electrons. The van der Waals surface area contributed by atoms with Crippen LogP contribution in [0.15, 0.2) is 36.4 Å². The topological polar surface area (TPSA) is 72.2 Å². The van der Waals surface area contributed by atoms with Gasteiger partial charge in [0.25, 0.3) is 11.7 Å². The van der Waals surface area contributed by atoms with Crippen molar-refractivity contribution in [3.05, 3.63) is 47.9 Å². The minimum absolute atomic E-state index is 0.103. The van der Waals surface area contributed by atoms with Gasteiger partial charge in [0.15, 0.2) is 5.69 Å². The van der Waals surface area contributed by atoms with Crippen LogP contribution in [-0.2, 0) is 6.18 Å². The average Bonchev–Trinajstić information content (AvgIpc) is 3.04. The molecule has 0 saturated carbocycles. The molecule has 6 nitrogen and oxygen atoms in total. The van der Waals surface area contributed by atoms with Gasteiger partial charge in [-0.25, -0.2) is 4.98 Å². The quantitative estimate of drug-likeness (QED) is 0.772.